The minimum Gasteiger partial charge on any atom is -0.497 e. The molecule has 0 saturated carbocycles. The van der Waals surface area contributed by atoms with E-state index in [0.29, 0.717) is 27.9 Å². The van der Waals surface area contributed by atoms with Crippen molar-refractivity contribution in [2.45, 2.75) is 0 Å². The second kappa shape index (κ2) is 7.70. The number of thiocarbonyl (C=S) groups is 1. The molecule has 4 nitrogen and oxygen atoms in total. The lowest BCUT2D eigenvalue weighted by atomic mass is 10.2. The fourth-order valence-corrected chi connectivity index (χ4v) is 1.89. The van der Waals surface area contributed by atoms with Gasteiger partial charge >= 0.3 is 0 Å². The third-order valence-corrected chi connectivity index (χ3v) is 3.13. The van der Waals surface area contributed by atoms with Crippen LogP contribution in [-0.2, 0) is 0 Å². The van der Waals surface area contributed by atoms with Crippen molar-refractivity contribution in [2.75, 3.05) is 19.5 Å². The van der Waals surface area contributed by atoms with Crippen molar-refractivity contribution in [1.82, 2.24) is 0 Å². The number of hydrogen-bond acceptors (Lipinski definition) is 5. The van der Waals surface area contributed by atoms with Gasteiger partial charge < -0.3 is 20.5 Å². The molecule has 0 fully saturated rings. The first-order chi connectivity index (χ1) is 9.12. The standard InChI is InChI=1S/C13H16N2O2S2/c1-4-19-8-10(14)13(18)15-11-7-9(16-2)5-6-12(11)17-3/h4-8H,1,14H2,2-3H3,(H,15,18)/b10-8-. The number of nitrogens with two attached hydrogens (primary N) is 1. The van der Waals surface area contributed by atoms with Crippen molar-refractivity contribution in [3.63, 3.8) is 0 Å². The van der Waals surface area contributed by atoms with Gasteiger partial charge in [-0.05, 0) is 17.5 Å². The summed E-state index contributed by atoms with van der Waals surface area (Å²) in [5.74, 6) is 1.36. The van der Waals surface area contributed by atoms with E-state index in [4.69, 9.17) is 27.4 Å². The summed E-state index contributed by atoms with van der Waals surface area (Å²) in [7, 11) is 3.18. The Balaban J connectivity index is 2.91. The van der Waals surface area contributed by atoms with E-state index < -0.39 is 0 Å². The lowest BCUT2D eigenvalue weighted by molar-refractivity contribution is 0.405. The van der Waals surface area contributed by atoms with Crippen LogP contribution in [0.15, 0.2) is 41.3 Å². The fraction of sp³-hybridized carbons (Fsp3) is 0.154. The highest BCUT2D eigenvalue weighted by Gasteiger charge is 2.08. The highest BCUT2D eigenvalue weighted by molar-refractivity contribution is 8.05. The van der Waals surface area contributed by atoms with Gasteiger partial charge in [0, 0.05) is 11.5 Å². The maximum Gasteiger partial charge on any atom is 0.142 e. The number of thioether (sulfide) groups is 1. The van der Waals surface area contributed by atoms with E-state index in [1.807, 2.05) is 0 Å². The van der Waals surface area contributed by atoms with E-state index in [2.05, 4.69) is 11.9 Å². The maximum absolute atomic E-state index is 5.83. The Labute approximate surface area is 122 Å². The fourth-order valence-electron chi connectivity index (χ4n) is 1.28. The van der Waals surface area contributed by atoms with Crippen LogP contribution in [0.3, 0.4) is 0 Å². The Morgan fingerprint density at radius 3 is 2.74 bits per heavy atom. The average Bonchev–Trinajstić information content (AvgIpc) is 2.44. The molecule has 0 aliphatic rings. The molecule has 0 aliphatic heterocycles. The molecule has 0 amide bonds. The van der Waals surface area contributed by atoms with Crippen LogP contribution in [-0.4, -0.2) is 19.2 Å². The first-order valence-corrected chi connectivity index (χ1v) is 6.72. The maximum atomic E-state index is 5.83. The first kappa shape index (κ1) is 15.4. The van der Waals surface area contributed by atoms with Crippen molar-refractivity contribution in [1.29, 1.82) is 0 Å². The van der Waals surface area contributed by atoms with Gasteiger partial charge in [-0.15, -0.1) is 11.8 Å². The summed E-state index contributed by atoms with van der Waals surface area (Å²) in [6, 6.07) is 5.39. The van der Waals surface area contributed by atoms with E-state index in [1.165, 1.54) is 11.8 Å². The van der Waals surface area contributed by atoms with Crippen LogP contribution < -0.4 is 20.5 Å². The minimum atomic E-state index is 0.418. The van der Waals surface area contributed by atoms with Gasteiger partial charge in [0.05, 0.1) is 25.6 Å². The van der Waals surface area contributed by atoms with Crippen molar-refractivity contribution >= 4 is 34.7 Å². The number of benzene rings is 1. The van der Waals surface area contributed by atoms with Gasteiger partial charge in [0.1, 0.15) is 16.5 Å². The molecule has 0 bridgehead atoms. The van der Waals surface area contributed by atoms with E-state index in [-0.39, 0.29) is 0 Å². The zero-order chi connectivity index (χ0) is 14.3. The average molecular weight is 296 g/mol. The van der Waals surface area contributed by atoms with E-state index in [0.717, 1.165) is 0 Å². The molecule has 0 aromatic heterocycles. The number of anilines is 1. The summed E-state index contributed by atoms with van der Waals surface area (Å²) < 4.78 is 10.4. The van der Waals surface area contributed by atoms with Crippen LogP contribution in [0.4, 0.5) is 5.69 Å². The molecule has 0 radical (unpaired) electrons. The second-order valence-corrected chi connectivity index (χ2v) is 4.65. The zero-order valence-electron chi connectivity index (χ0n) is 10.8. The Kier molecular flexibility index (Phi) is 6.24. The SMILES string of the molecule is C=CS/C=C(\N)C(=S)Nc1cc(OC)ccc1OC. The molecule has 1 aromatic rings. The van der Waals surface area contributed by atoms with Crippen LogP contribution >= 0.6 is 24.0 Å². The van der Waals surface area contributed by atoms with Gasteiger partial charge in [-0.3, -0.25) is 0 Å². The number of methoxy groups -OCH3 is 2. The molecule has 3 N–H and O–H groups in total. The molecule has 0 unspecified atom stereocenters. The van der Waals surface area contributed by atoms with Crippen molar-refractivity contribution < 1.29 is 9.47 Å². The summed E-state index contributed by atoms with van der Waals surface area (Å²) in [6.45, 7) is 3.59. The molecule has 102 valence electrons. The predicted molar refractivity (Wildman–Crippen MR) is 85.8 cm³/mol. The Morgan fingerprint density at radius 2 is 2.16 bits per heavy atom. The van der Waals surface area contributed by atoms with Gasteiger partial charge in [0.2, 0.25) is 0 Å². The molecule has 0 spiro atoms. The normalized spacial score (nSPS) is 10.7. The molecule has 0 atom stereocenters. The molecular formula is C13H16N2O2S2. The van der Waals surface area contributed by atoms with E-state index >= 15 is 0 Å². The van der Waals surface area contributed by atoms with Crippen LogP contribution in [0.1, 0.15) is 0 Å². The zero-order valence-corrected chi connectivity index (χ0v) is 12.4. The summed E-state index contributed by atoms with van der Waals surface area (Å²) in [4.78, 5) is 0.418. The summed E-state index contributed by atoms with van der Waals surface area (Å²) in [5, 5.41) is 6.42. The number of ether oxygens (including phenoxy) is 2. The third kappa shape index (κ3) is 4.50. The Bertz CT molecular complexity index is 501. The van der Waals surface area contributed by atoms with Gasteiger partial charge in [-0.1, -0.05) is 18.8 Å². The van der Waals surface area contributed by atoms with Crippen LogP contribution in [0, 0.1) is 0 Å². The highest BCUT2D eigenvalue weighted by Crippen LogP contribution is 2.29. The smallest absolute Gasteiger partial charge is 0.142 e. The van der Waals surface area contributed by atoms with E-state index in [9.17, 15) is 0 Å². The van der Waals surface area contributed by atoms with Crippen LogP contribution in [0.2, 0.25) is 0 Å². The van der Waals surface area contributed by atoms with Gasteiger partial charge in [-0.2, -0.15) is 0 Å². The topological polar surface area (TPSA) is 56.5 Å². The molecule has 0 heterocycles. The second-order valence-electron chi connectivity index (χ2n) is 3.40. The number of nitrogens with one attached hydrogen (secondary N) is 1. The van der Waals surface area contributed by atoms with E-state index in [1.54, 1.807) is 43.2 Å². The summed E-state index contributed by atoms with van der Waals surface area (Å²) >= 11 is 6.58. The lowest BCUT2D eigenvalue weighted by Gasteiger charge is -2.13. The Morgan fingerprint density at radius 1 is 1.42 bits per heavy atom. The minimum absolute atomic E-state index is 0.418. The van der Waals surface area contributed by atoms with Gasteiger partial charge in [0.25, 0.3) is 0 Å². The van der Waals surface area contributed by atoms with Crippen LogP contribution in [0.25, 0.3) is 0 Å². The number of rotatable bonds is 6. The van der Waals surface area contributed by atoms with Crippen LogP contribution in [0.5, 0.6) is 11.5 Å². The molecule has 6 heteroatoms. The van der Waals surface area contributed by atoms with Crippen molar-refractivity contribution in [2.24, 2.45) is 5.73 Å². The van der Waals surface area contributed by atoms with Crippen molar-refractivity contribution in [3.8, 4) is 11.5 Å². The summed E-state index contributed by atoms with van der Waals surface area (Å²) in [5.41, 5.74) is 6.99. The van der Waals surface area contributed by atoms with Crippen molar-refractivity contribution in [3.05, 3.63) is 41.3 Å². The largest absolute Gasteiger partial charge is 0.497 e. The molecular weight excluding hydrogens is 280 g/mol. The molecule has 1 rings (SSSR count). The molecule has 19 heavy (non-hydrogen) atoms. The lowest BCUT2D eigenvalue weighted by Crippen LogP contribution is -2.18. The predicted octanol–water partition coefficient (Wildman–Crippen LogP) is 3.12. The molecule has 1 aromatic carbocycles. The quantitative estimate of drug-likeness (QED) is 0.621. The Hall–Kier alpha value is -1.66. The number of hydrogen-bond donors (Lipinski definition) is 2. The molecule has 0 saturated heterocycles. The summed E-state index contributed by atoms with van der Waals surface area (Å²) in [6.07, 6.45) is 0. The third-order valence-electron chi connectivity index (χ3n) is 2.21. The molecule has 0 aliphatic carbocycles. The highest BCUT2D eigenvalue weighted by atomic mass is 32.2. The van der Waals surface area contributed by atoms with Gasteiger partial charge in [-0.25, -0.2) is 0 Å². The van der Waals surface area contributed by atoms with Gasteiger partial charge in [0.15, 0.2) is 0 Å². The first-order valence-electron chi connectivity index (χ1n) is 5.37. The monoisotopic (exact) mass is 296 g/mol.